The molecule has 0 radical (unpaired) electrons. The lowest BCUT2D eigenvalue weighted by molar-refractivity contribution is -0.116. The molecule has 4 rings (SSSR count). The number of piperazine rings is 1. The lowest BCUT2D eigenvalue weighted by Gasteiger charge is -2.38. The van der Waals surface area contributed by atoms with Gasteiger partial charge in [-0.25, -0.2) is 15.0 Å². The number of fused-ring (bicyclic) bond motifs is 1. The van der Waals surface area contributed by atoms with Crippen LogP contribution in [0.25, 0.3) is 10.2 Å². The van der Waals surface area contributed by atoms with Crippen molar-refractivity contribution in [1.29, 1.82) is 0 Å². The normalized spacial score (nSPS) is 16.6. The van der Waals surface area contributed by atoms with E-state index in [1.165, 1.54) is 10.3 Å². The Bertz CT molecular complexity index is 931. The highest BCUT2D eigenvalue weighted by Gasteiger charge is 2.23. The van der Waals surface area contributed by atoms with Crippen molar-refractivity contribution in [3.63, 3.8) is 0 Å². The number of Topliss-reactive ketones (excluding diaryl/α,β-unsaturated/α-hetero) is 1. The van der Waals surface area contributed by atoms with Crippen LogP contribution in [-0.2, 0) is 11.2 Å². The average molecular weight is 382 g/mol. The van der Waals surface area contributed by atoms with Crippen LogP contribution >= 0.6 is 11.3 Å². The Hall–Kier alpha value is -2.38. The number of hydrogen-bond acceptors (Lipinski definition) is 7. The summed E-state index contributed by atoms with van der Waals surface area (Å²) < 4.78 is 1.24. The molecule has 1 fully saturated rings. The molecule has 7 heteroatoms. The summed E-state index contributed by atoms with van der Waals surface area (Å²) in [6.45, 7) is 7.57. The van der Waals surface area contributed by atoms with Crippen molar-refractivity contribution in [3.8, 4) is 0 Å². The van der Waals surface area contributed by atoms with Gasteiger partial charge in [-0.3, -0.25) is 9.69 Å². The summed E-state index contributed by atoms with van der Waals surface area (Å²) in [4.78, 5) is 29.2. The number of thiazole rings is 1. The number of anilines is 1. The molecule has 1 atom stereocenters. The second-order valence-corrected chi connectivity index (χ2v) is 7.93. The molecule has 3 heterocycles. The van der Waals surface area contributed by atoms with E-state index in [1.54, 1.807) is 30.7 Å². The fourth-order valence-electron chi connectivity index (χ4n) is 3.54. The molecule has 3 aromatic rings. The molecule has 140 valence electrons. The molecule has 0 saturated carbocycles. The van der Waals surface area contributed by atoms with Crippen molar-refractivity contribution in [1.82, 2.24) is 19.9 Å². The van der Waals surface area contributed by atoms with Gasteiger partial charge in [-0.05, 0) is 37.1 Å². The van der Waals surface area contributed by atoms with Crippen molar-refractivity contribution >= 4 is 33.3 Å². The van der Waals surface area contributed by atoms with E-state index in [-0.39, 0.29) is 5.78 Å². The largest absolute Gasteiger partial charge is 0.338 e. The Labute approximate surface area is 162 Å². The smallest absolute Gasteiger partial charge is 0.225 e. The highest BCUT2D eigenvalue weighted by Crippen LogP contribution is 2.27. The fraction of sp³-hybridized carbons (Fsp3) is 0.400. The van der Waals surface area contributed by atoms with Gasteiger partial charge in [0.1, 0.15) is 5.78 Å². The average Bonchev–Trinajstić information content (AvgIpc) is 3.15. The van der Waals surface area contributed by atoms with E-state index in [4.69, 9.17) is 0 Å². The van der Waals surface area contributed by atoms with E-state index < -0.39 is 0 Å². The molecular weight excluding hydrogens is 358 g/mol. The maximum Gasteiger partial charge on any atom is 0.225 e. The Morgan fingerprint density at radius 1 is 1.15 bits per heavy atom. The van der Waals surface area contributed by atoms with E-state index in [0.717, 1.165) is 43.2 Å². The number of rotatable bonds is 5. The molecule has 6 nitrogen and oxygen atoms in total. The highest BCUT2D eigenvalue weighted by atomic mass is 32.1. The van der Waals surface area contributed by atoms with Crippen LogP contribution in [0.1, 0.15) is 31.0 Å². The molecule has 0 bridgehead atoms. The van der Waals surface area contributed by atoms with Gasteiger partial charge in [0, 0.05) is 51.0 Å². The minimum absolute atomic E-state index is 0.129. The minimum atomic E-state index is 0.129. The Morgan fingerprint density at radius 2 is 1.89 bits per heavy atom. The first-order chi connectivity index (χ1) is 13.1. The van der Waals surface area contributed by atoms with Crippen LogP contribution in [0.3, 0.4) is 0 Å². The monoisotopic (exact) mass is 381 g/mol. The molecular formula is C20H23N5OS. The number of aromatic nitrogens is 3. The highest BCUT2D eigenvalue weighted by molar-refractivity contribution is 7.16. The van der Waals surface area contributed by atoms with Crippen LogP contribution in [0.2, 0.25) is 0 Å². The minimum Gasteiger partial charge on any atom is -0.338 e. The second kappa shape index (κ2) is 7.70. The second-order valence-electron chi connectivity index (χ2n) is 7.05. The van der Waals surface area contributed by atoms with E-state index >= 15 is 0 Å². The van der Waals surface area contributed by atoms with Gasteiger partial charge in [0.05, 0.1) is 15.7 Å². The first-order valence-electron chi connectivity index (χ1n) is 9.22. The summed E-state index contributed by atoms with van der Waals surface area (Å²) in [6.07, 6.45) is 3.93. The van der Waals surface area contributed by atoms with Crippen LogP contribution in [0, 0.1) is 0 Å². The first kappa shape index (κ1) is 18.0. The van der Waals surface area contributed by atoms with E-state index in [9.17, 15) is 4.79 Å². The van der Waals surface area contributed by atoms with Gasteiger partial charge in [-0.15, -0.1) is 11.3 Å². The summed E-state index contributed by atoms with van der Waals surface area (Å²) in [5.41, 5.74) is 5.17. The molecule has 1 saturated heterocycles. The predicted octanol–water partition coefficient (Wildman–Crippen LogP) is 3.10. The number of carbonyl (C=O) groups excluding carboxylic acids is 1. The van der Waals surface area contributed by atoms with Crippen molar-refractivity contribution < 1.29 is 4.79 Å². The molecule has 1 aliphatic heterocycles. The van der Waals surface area contributed by atoms with Crippen molar-refractivity contribution in [2.45, 2.75) is 26.3 Å². The number of nitrogens with zero attached hydrogens (tertiary/aromatic N) is 5. The van der Waals surface area contributed by atoms with E-state index in [0.29, 0.717) is 12.5 Å². The van der Waals surface area contributed by atoms with E-state index in [1.807, 2.05) is 5.51 Å². The third-order valence-corrected chi connectivity index (χ3v) is 5.94. The SMILES string of the molecule is CC(=O)Cc1cnc(N2CCN(C(C)c3ccc4scnc4c3)CC2)nc1. The molecule has 27 heavy (non-hydrogen) atoms. The van der Waals surface area contributed by atoms with Gasteiger partial charge < -0.3 is 4.90 Å². The molecule has 0 spiro atoms. The van der Waals surface area contributed by atoms with Crippen LogP contribution < -0.4 is 4.90 Å². The molecule has 1 aromatic carbocycles. The van der Waals surface area contributed by atoms with Crippen LogP contribution in [0.15, 0.2) is 36.1 Å². The number of ketones is 1. The van der Waals surface area contributed by atoms with Crippen LogP contribution in [0.5, 0.6) is 0 Å². The lowest BCUT2D eigenvalue weighted by atomic mass is 10.1. The molecule has 0 N–H and O–H groups in total. The van der Waals surface area contributed by atoms with Gasteiger partial charge in [-0.1, -0.05) is 6.07 Å². The summed E-state index contributed by atoms with van der Waals surface area (Å²) in [7, 11) is 0. The zero-order valence-corrected chi connectivity index (χ0v) is 16.4. The first-order valence-corrected chi connectivity index (χ1v) is 10.1. The van der Waals surface area contributed by atoms with Crippen molar-refractivity contribution in [2.75, 3.05) is 31.1 Å². The zero-order valence-electron chi connectivity index (χ0n) is 15.6. The standard InChI is InChI=1S/C20H23N5OS/c1-14(26)9-16-11-21-20(22-12-16)25-7-5-24(6-8-25)15(2)17-3-4-19-18(10-17)23-13-27-19/h3-4,10-13,15H,5-9H2,1-2H3. The number of benzene rings is 1. The fourth-order valence-corrected chi connectivity index (χ4v) is 4.20. The van der Waals surface area contributed by atoms with Crippen LogP contribution in [0.4, 0.5) is 5.95 Å². The Kier molecular flexibility index (Phi) is 5.13. The third-order valence-electron chi connectivity index (χ3n) is 5.13. The maximum absolute atomic E-state index is 11.2. The predicted molar refractivity (Wildman–Crippen MR) is 108 cm³/mol. The third kappa shape index (κ3) is 3.99. The van der Waals surface area contributed by atoms with Gasteiger partial charge in [-0.2, -0.15) is 0 Å². The van der Waals surface area contributed by atoms with E-state index in [2.05, 4.69) is 49.9 Å². The maximum atomic E-state index is 11.2. The van der Waals surface area contributed by atoms with Crippen molar-refractivity contribution in [3.05, 3.63) is 47.2 Å². The Balaban J connectivity index is 1.38. The number of carbonyl (C=O) groups is 1. The molecule has 0 aliphatic carbocycles. The van der Waals surface area contributed by atoms with Gasteiger partial charge in [0.15, 0.2) is 0 Å². The lowest BCUT2D eigenvalue weighted by Crippen LogP contribution is -2.47. The molecule has 1 aliphatic rings. The zero-order chi connectivity index (χ0) is 18.8. The topological polar surface area (TPSA) is 62.2 Å². The molecule has 0 amide bonds. The summed E-state index contributed by atoms with van der Waals surface area (Å²) in [5, 5.41) is 0. The quantitative estimate of drug-likeness (QED) is 0.677. The van der Waals surface area contributed by atoms with Gasteiger partial charge in [0.2, 0.25) is 5.95 Å². The number of hydrogen-bond donors (Lipinski definition) is 0. The van der Waals surface area contributed by atoms with Crippen LogP contribution in [-0.4, -0.2) is 51.8 Å². The van der Waals surface area contributed by atoms with Gasteiger partial charge >= 0.3 is 0 Å². The van der Waals surface area contributed by atoms with Crippen molar-refractivity contribution in [2.24, 2.45) is 0 Å². The van der Waals surface area contributed by atoms with Gasteiger partial charge in [0.25, 0.3) is 0 Å². The summed E-state index contributed by atoms with van der Waals surface area (Å²) in [5.74, 6) is 0.878. The molecule has 2 aromatic heterocycles. The summed E-state index contributed by atoms with van der Waals surface area (Å²) in [6, 6.07) is 6.96. The Morgan fingerprint density at radius 3 is 2.59 bits per heavy atom. The summed E-state index contributed by atoms with van der Waals surface area (Å²) >= 11 is 1.68. The molecule has 1 unspecified atom stereocenters.